The van der Waals surface area contributed by atoms with Crippen LogP contribution in [-0.2, 0) is 11.3 Å². The summed E-state index contributed by atoms with van der Waals surface area (Å²) in [5.41, 5.74) is 0.708. The predicted molar refractivity (Wildman–Crippen MR) is 100 cm³/mol. The second-order valence-electron chi connectivity index (χ2n) is 6.14. The number of para-hydroxylation sites is 1. The van der Waals surface area contributed by atoms with E-state index in [1.54, 1.807) is 38.3 Å². The van der Waals surface area contributed by atoms with Crippen molar-refractivity contribution in [3.63, 3.8) is 0 Å². The highest BCUT2D eigenvalue weighted by atomic mass is 19.1. The largest absolute Gasteiger partial charge is 0.383 e. The van der Waals surface area contributed by atoms with Crippen LogP contribution in [-0.4, -0.2) is 29.2 Å². The molecule has 0 spiro atoms. The fourth-order valence-corrected chi connectivity index (χ4v) is 2.86. The van der Waals surface area contributed by atoms with Crippen LogP contribution in [0.4, 0.5) is 4.39 Å². The molecule has 0 aliphatic heterocycles. The zero-order valence-electron chi connectivity index (χ0n) is 15.1. The van der Waals surface area contributed by atoms with Crippen LogP contribution in [0.15, 0.2) is 53.3 Å². The summed E-state index contributed by atoms with van der Waals surface area (Å²) >= 11 is 0. The molecule has 0 radical (unpaired) electrons. The van der Waals surface area contributed by atoms with Crippen LogP contribution in [0.2, 0.25) is 0 Å². The Kier molecular flexibility index (Phi) is 5.61. The lowest BCUT2D eigenvalue weighted by molar-refractivity contribution is 0.0937. The van der Waals surface area contributed by atoms with E-state index in [-0.39, 0.29) is 11.5 Å². The predicted octanol–water partition coefficient (Wildman–Crippen LogP) is 2.67. The van der Waals surface area contributed by atoms with Gasteiger partial charge in [0.2, 0.25) is 0 Å². The molecule has 1 amide bonds. The number of carbonyl (C=O) groups is 1. The Bertz CT molecular complexity index is 1020. The minimum absolute atomic E-state index is 0.185. The third-order valence-corrected chi connectivity index (χ3v) is 4.25. The highest BCUT2D eigenvalue weighted by Gasteiger charge is 2.19. The van der Waals surface area contributed by atoms with Gasteiger partial charge in [0, 0.05) is 12.7 Å². The first kappa shape index (κ1) is 18.7. The van der Waals surface area contributed by atoms with E-state index in [0.29, 0.717) is 35.4 Å². The third-order valence-electron chi connectivity index (χ3n) is 4.25. The van der Waals surface area contributed by atoms with Gasteiger partial charge in [-0.1, -0.05) is 12.1 Å². The quantitative estimate of drug-likeness (QED) is 0.725. The molecule has 1 heterocycles. The highest BCUT2D eigenvalue weighted by Crippen LogP contribution is 2.15. The summed E-state index contributed by atoms with van der Waals surface area (Å²) in [6.45, 7) is 2.41. The Morgan fingerprint density at radius 1 is 1.22 bits per heavy atom. The number of ether oxygens (including phenoxy) is 1. The third kappa shape index (κ3) is 4.03. The second-order valence-corrected chi connectivity index (χ2v) is 6.14. The van der Waals surface area contributed by atoms with E-state index < -0.39 is 11.9 Å². The van der Waals surface area contributed by atoms with E-state index in [4.69, 9.17) is 4.74 Å². The molecule has 27 heavy (non-hydrogen) atoms. The van der Waals surface area contributed by atoms with Gasteiger partial charge in [0.25, 0.3) is 11.5 Å². The Labute approximate surface area is 155 Å². The normalized spacial score (nSPS) is 12.1. The molecule has 1 N–H and O–H groups in total. The van der Waals surface area contributed by atoms with Crippen LogP contribution in [0.25, 0.3) is 10.9 Å². The summed E-state index contributed by atoms with van der Waals surface area (Å²) in [4.78, 5) is 29.9. The number of rotatable bonds is 6. The topological polar surface area (TPSA) is 73.2 Å². The molecule has 3 aromatic rings. The summed E-state index contributed by atoms with van der Waals surface area (Å²) < 4.78 is 19.7. The van der Waals surface area contributed by atoms with Crippen molar-refractivity contribution in [2.45, 2.75) is 19.5 Å². The first-order chi connectivity index (χ1) is 13.0. The minimum atomic E-state index is -0.531. The van der Waals surface area contributed by atoms with Gasteiger partial charge in [-0.2, -0.15) is 0 Å². The Morgan fingerprint density at radius 3 is 2.63 bits per heavy atom. The molecule has 140 valence electrons. The van der Waals surface area contributed by atoms with Gasteiger partial charge in [-0.15, -0.1) is 0 Å². The zero-order chi connectivity index (χ0) is 19.4. The van der Waals surface area contributed by atoms with Crippen molar-refractivity contribution in [1.82, 2.24) is 14.9 Å². The number of nitrogens with one attached hydrogen (secondary N) is 1. The zero-order valence-corrected chi connectivity index (χ0v) is 15.1. The minimum Gasteiger partial charge on any atom is -0.383 e. The smallest absolute Gasteiger partial charge is 0.261 e. The summed E-state index contributed by atoms with van der Waals surface area (Å²) in [5, 5.41) is 3.32. The van der Waals surface area contributed by atoms with Crippen LogP contribution in [0.5, 0.6) is 0 Å². The lowest BCUT2D eigenvalue weighted by Crippen LogP contribution is -2.34. The first-order valence-electron chi connectivity index (χ1n) is 8.56. The standard InChI is InChI=1S/C20H20FN3O3/c1-13(22-19(25)14-7-9-15(21)10-8-14)18-23-17-6-4-3-5-16(17)20(26)24(18)11-12-27-2/h3-10,13H,11-12H2,1-2H3,(H,22,25)/t13-/m0/s1. The second kappa shape index (κ2) is 8.09. The van der Waals surface area contributed by atoms with Crippen molar-refractivity contribution < 1.29 is 13.9 Å². The van der Waals surface area contributed by atoms with E-state index in [2.05, 4.69) is 10.3 Å². The Balaban J connectivity index is 1.96. The van der Waals surface area contributed by atoms with Crippen LogP contribution in [0.1, 0.15) is 29.1 Å². The number of methoxy groups -OCH3 is 1. The van der Waals surface area contributed by atoms with Gasteiger partial charge in [-0.3, -0.25) is 14.2 Å². The number of benzene rings is 2. The summed E-state index contributed by atoms with van der Waals surface area (Å²) in [6, 6.07) is 11.8. The average molecular weight is 369 g/mol. The van der Waals surface area contributed by atoms with E-state index in [1.807, 2.05) is 0 Å². The molecular weight excluding hydrogens is 349 g/mol. The van der Waals surface area contributed by atoms with Gasteiger partial charge < -0.3 is 10.1 Å². The van der Waals surface area contributed by atoms with E-state index in [9.17, 15) is 14.0 Å². The molecule has 2 aromatic carbocycles. The van der Waals surface area contributed by atoms with Gasteiger partial charge in [0.1, 0.15) is 11.6 Å². The molecule has 0 fully saturated rings. The van der Waals surface area contributed by atoms with Crippen molar-refractivity contribution in [3.8, 4) is 0 Å². The number of amides is 1. The van der Waals surface area contributed by atoms with Crippen LogP contribution >= 0.6 is 0 Å². The number of carbonyl (C=O) groups excluding carboxylic acids is 1. The number of fused-ring (bicyclic) bond motifs is 1. The molecule has 1 aromatic heterocycles. The molecule has 6 nitrogen and oxygen atoms in total. The Morgan fingerprint density at radius 2 is 1.93 bits per heavy atom. The summed E-state index contributed by atoms with van der Waals surface area (Å²) in [7, 11) is 1.55. The molecule has 0 aliphatic carbocycles. The number of hydrogen-bond acceptors (Lipinski definition) is 4. The van der Waals surface area contributed by atoms with Crippen molar-refractivity contribution in [2.24, 2.45) is 0 Å². The molecule has 0 aliphatic rings. The van der Waals surface area contributed by atoms with Gasteiger partial charge in [-0.25, -0.2) is 9.37 Å². The molecular formula is C20H20FN3O3. The maximum absolute atomic E-state index is 13.1. The maximum atomic E-state index is 13.1. The summed E-state index contributed by atoms with van der Waals surface area (Å²) in [5.74, 6) is -0.349. The molecule has 1 atom stereocenters. The van der Waals surface area contributed by atoms with Gasteiger partial charge in [0.15, 0.2) is 0 Å². The average Bonchev–Trinajstić information content (AvgIpc) is 2.67. The SMILES string of the molecule is COCCn1c([C@H](C)NC(=O)c2ccc(F)cc2)nc2ccccc2c1=O. The Hall–Kier alpha value is -3.06. The molecule has 0 unspecified atom stereocenters. The molecule has 0 bridgehead atoms. The monoisotopic (exact) mass is 369 g/mol. The number of aromatic nitrogens is 2. The molecule has 7 heteroatoms. The van der Waals surface area contributed by atoms with Crippen molar-refractivity contribution >= 4 is 16.8 Å². The number of nitrogens with zero attached hydrogens (tertiary/aromatic N) is 2. The molecule has 0 saturated carbocycles. The number of hydrogen-bond donors (Lipinski definition) is 1. The lowest BCUT2D eigenvalue weighted by Gasteiger charge is -2.19. The molecule has 3 rings (SSSR count). The fraction of sp³-hybridized carbons (Fsp3) is 0.250. The van der Waals surface area contributed by atoms with E-state index >= 15 is 0 Å². The lowest BCUT2D eigenvalue weighted by atomic mass is 10.2. The maximum Gasteiger partial charge on any atom is 0.261 e. The van der Waals surface area contributed by atoms with Crippen LogP contribution in [0.3, 0.4) is 0 Å². The van der Waals surface area contributed by atoms with E-state index in [0.717, 1.165) is 0 Å². The summed E-state index contributed by atoms with van der Waals surface area (Å²) in [6.07, 6.45) is 0. The highest BCUT2D eigenvalue weighted by molar-refractivity contribution is 5.94. The van der Waals surface area contributed by atoms with Crippen molar-refractivity contribution in [3.05, 3.63) is 76.1 Å². The first-order valence-corrected chi connectivity index (χ1v) is 8.56. The van der Waals surface area contributed by atoms with Crippen LogP contribution in [0, 0.1) is 5.82 Å². The molecule has 0 saturated heterocycles. The van der Waals surface area contributed by atoms with E-state index in [1.165, 1.54) is 28.8 Å². The van der Waals surface area contributed by atoms with Gasteiger partial charge in [0.05, 0.1) is 30.1 Å². The number of halogens is 1. The van der Waals surface area contributed by atoms with Crippen molar-refractivity contribution in [2.75, 3.05) is 13.7 Å². The van der Waals surface area contributed by atoms with Crippen molar-refractivity contribution in [1.29, 1.82) is 0 Å². The van der Waals surface area contributed by atoms with Gasteiger partial charge >= 0.3 is 0 Å². The van der Waals surface area contributed by atoms with Gasteiger partial charge in [-0.05, 0) is 43.3 Å². The van der Waals surface area contributed by atoms with Crippen LogP contribution < -0.4 is 10.9 Å². The fourth-order valence-electron chi connectivity index (χ4n) is 2.86.